The topological polar surface area (TPSA) is 103 Å². The van der Waals surface area contributed by atoms with Gasteiger partial charge in [0.05, 0.1) is 11.5 Å². The van der Waals surface area contributed by atoms with E-state index in [1.165, 1.54) is 12.1 Å². The molecule has 0 spiro atoms. The van der Waals surface area contributed by atoms with Crippen molar-refractivity contribution in [1.29, 1.82) is 0 Å². The van der Waals surface area contributed by atoms with Gasteiger partial charge in [-0.25, -0.2) is 8.42 Å². The molecule has 0 aliphatic carbocycles. The van der Waals surface area contributed by atoms with Crippen molar-refractivity contribution in [3.8, 4) is 17.2 Å². The van der Waals surface area contributed by atoms with Crippen molar-refractivity contribution in [2.75, 3.05) is 29.9 Å². The van der Waals surface area contributed by atoms with Crippen molar-refractivity contribution in [3.05, 3.63) is 71.8 Å². The largest absolute Gasteiger partial charge is 0.494 e. The zero-order chi connectivity index (χ0) is 24.1. The maximum Gasteiger partial charge on any atom is 0.262 e. The summed E-state index contributed by atoms with van der Waals surface area (Å²) in [5, 5.41) is 2.87. The second-order valence-electron chi connectivity index (χ2n) is 7.77. The Bertz CT molecular complexity index is 1290. The van der Waals surface area contributed by atoms with Gasteiger partial charge in [0.1, 0.15) is 19.0 Å². The predicted octanol–water partition coefficient (Wildman–Crippen LogP) is 4.61. The van der Waals surface area contributed by atoms with E-state index in [-0.39, 0.29) is 10.8 Å². The van der Waals surface area contributed by atoms with Gasteiger partial charge in [-0.2, -0.15) is 0 Å². The normalized spacial score (nSPS) is 12.6. The number of aryl methyl sites for hydroxylation is 1. The first-order valence-electron chi connectivity index (χ1n) is 10.9. The van der Waals surface area contributed by atoms with Crippen LogP contribution in [-0.2, 0) is 10.0 Å². The van der Waals surface area contributed by atoms with E-state index in [1.54, 1.807) is 36.4 Å². The minimum atomic E-state index is -3.84. The molecule has 0 saturated carbocycles. The van der Waals surface area contributed by atoms with Crippen LogP contribution in [0.4, 0.5) is 11.4 Å². The minimum absolute atomic E-state index is 0.0559. The number of anilines is 2. The number of carbonyl (C=O) groups excluding carboxylic acids is 1. The quantitative estimate of drug-likeness (QED) is 0.486. The predicted molar refractivity (Wildman–Crippen MR) is 130 cm³/mol. The van der Waals surface area contributed by atoms with Crippen LogP contribution in [0, 0.1) is 6.92 Å². The summed E-state index contributed by atoms with van der Waals surface area (Å²) < 4.78 is 44.6. The molecule has 2 N–H and O–H groups in total. The second-order valence-corrected chi connectivity index (χ2v) is 9.45. The van der Waals surface area contributed by atoms with Gasteiger partial charge in [0, 0.05) is 23.0 Å². The molecule has 0 atom stereocenters. The Hall–Kier alpha value is -3.72. The second kappa shape index (κ2) is 10.0. The molecule has 0 saturated heterocycles. The van der Waals surface area contributed by atoms with Gasteiger partial charge in [-0.05, 0) is 73.5 Å². The van der Waals surface area contributed by atoms with E-state index in [4.69, 9.17) is 14.2 Å². The van der Waals surface area contributed by atoms with E-state index in [0.29, 0.717) is 48.3 Å². The van der Waals surface area contributed by atoms with E-state index < -0.39 is 10.0 Å². The zero-order valence-electron chi connectivity index (χ0n) is 19.0. The molecule has 178 valence electrons. The van der Waals surface area contributed by atoms with Crippen molar-refractivity contribution in [2.45, 2.75) is 25.2 Å². The van der Waals surface area contributed by atoms with Crippen LogP contribution in [0.1, 0.15) is 29.3 Å². The van der Waals surface area contributed by atoms with Crippen molar-refractivity contribution in [1.82, 2.24) is 0 Å². The van der Waals surface area contributed by atoms with Crippen LogP contribution in [0.3, 0.4) is 0 Å². The Morgan fingerprint density at radius 2 is 1.71 bits per heavy atom. The van der Waals surface area contributed by atoms with Crippen molar-refractivity contribution in [3.63, 3.8) is 0 Å². The molecule has 1 aliphatic heterocycles. The summed E-state index contributed by atoms with van der Waals surface area (Å²) in [6.45, 7) is 5.36. The van der Waals surface area contributed by atoms with Gasteiger partial charge < -0.3 is 19.5 Å². The highest BCUT2D eigenvalue weighted by molar-refractivity contribution is 7.92. The number of hydrogen-bond donors (Lipinski definition) is 2. The maximum absolute atomic E-state index is 12.8. The fourth-order valence-electron chi connectivity index (χ4n) is 3.38. The van der Waals surface area contributed by atoms with Crippen LogP contribution < -0.4 is 24.2 Å². The smallest absolute Gasteiger partial charge is 0.262 e. The molecule has 1 aliphatic rings. The van der Waals surface area contributed by atoms with E-state index in [9.17, 15) is 13.2 Å². The summed E-state index contributed by atoms with van der Waals surface area (Å²) >= 11 is 0. The van der Waals surface area contributed by atoms with E-state index >= 15 is 0 Å². The first kappa shape index (κ1) is 23.4. The summed E-state index contributed by atoms with van der Waals surface area (Å²) in [5.74, 6) is 1.36. The Balaban J connectivity index is 1.42. The Kier molecular flexibility index (Phi) is 6.93. The van der Waals surface area contributed by atoms with Crippen LogP contribution in [0.15, 0.2) is 65.6 Å². The molecule has 9 heteroatoms. The third-order valence-electron chi connectivity index (χ3n) is 5.14. The van der Waals surface area contributed by atoms with Gasteiger partial charge in [0.25, 0.3) is 15.9 Å². The number of ether oxygens (including phenoxy) is 3. The first-order chi connectivity index (χ1) is 16.4. The van der Waals surface area contributed by atoms with Crippen molar-refractivity contribution < 1.29 is 27.4 Å². The standard InChI is InChI=1S/C25H26N2O6S/c1-3-12-31-20-8-10-22(17(2)15-20)26-25(28)18-4-6-19(7-5-18)27-34(29,30)21-9-11-23-24(16-21)33-14-13-32-23/h4-11,15-16,27H,3,12-14H2,1-2H3,(H,26,28). The van der Waals surface area contributed by atoms with Crippen LogP contribution in [0.25, 0.3) is 0 Å². The molecule has 1 amide bonds. The molecule has 0 radical (unpaired) electrons. The number of nitrogens with one attached hydrogen (secondary N) is 2. The summed E-state index contributed by atoms with van der Waals surface area (Å²) in [6, 6.07) is 16.1. The molecule has 8 nitrogen and oxygen atoms in total. The van der Waals surface area contributed by atoms with Crippen LogP contribution in [-0.4, -0.2) is 34.1 Å². The molecule has 1 heterocycles. The van der Waals surface area contributed by atoms with Gasteiger partial charge in [-0.3, -0.25) is 9.52 Å². The number of fused-ring (bicyclic) bond motifs is 1. The average molecular weight is 483 g/mol. The van der Waals surface area contributed by atoms with Crippen LogP contribution >= 0.6 is 0 Å². The highest BCUT2D eigenvalue weighted by atomic mass is 32.2. The lowest BCUT2D eigenvalue weighted by molar-refractivity contribution is 0.102. The lowest BCUT2D eigenvalue weighted by atomic mass is 10.1. The number of amides is 1. The number of hydrogen-bond acceptors (Lipinski definition) is 6. The number of rotatable bonds is 8. The third kappa shape index (κ3) is 5.43. The Labute approximate surface area is 198 Å². The number of carbonyl (C=O) groups is 1. The molecule has 3 aromatic rings. The van der Waals surface area contributed by atoms with Crippen molar-refractivity contribution in [2.24, 2.45) is 0 Å². The molecule has 3 aromatic carbocycles. The lowest BCUT2D eigenvalue weighted by Crippen LogP contribution is -2.17. The van der Waals surface area contributed by atoms with Gasteiger partial charge >= 0.3 is 0 Å². The van der Waals surface area contributed by atoms with Gasteiger partial charge in [-0.1, -0.05) is 6.92 Å². The molecule has 0 unspecified atom stereocenters. The fourth-order valence-corrected chi connectivity index (χ4v) is 4.45. The van der Waals surface area contributed by atoms with E-state index in [2.05, 4.69) is 10.0 Å². The Morgan fingerprint density at radius 3 is 2.41 bits per heavy atom. The Morgan fingerprint density at radius 1 is 0.971 bits per heavy atom. The third-order valence-corrected chi connectivity index (χ3v) is 6.52. The lowest BCUT2D eigenvalue weighted by Gasteiger charge is -2.19. The highest BCUT2D eigenvalue weighted by Crippen LogP contribution is 2.32. The van der Waals surface area contributed by atoms with Crippen LogP contribution in [0.2, 0.25) is 0 Å². The van der Waals surface area contributed by atoms with Gasteiger partial charge in [0.15, 0.2) is 11.5 Å². The van der Waals surface area contributed by atoms with Crippen LogP contribution in [0.5, 0.6) is 17.2 Å². The molecule has 4 rings (SSSR count). The first-order valence-corrected chi connectivity index (χ1v) is 12.4. The van der Waals surface area contributed by atoms with E-state index in [0.717, 1.165) is 17.7 Å². The zero-order valence-corrected chi connectivity index (χ0v) is 19.8. The summed E-state index contributed by atoms with van der Waals surface area (Å²) in [5.41, 5.74) is 2.29. The number of sulfonamides is 1. The molecule has 0 fully saturated rings. The van der Waals surface area contributed by atoms with Gasteiger partial charge in [-0.15, -0.1) is 0 Å². The monoisotopic (exact) mass is 482 g/mol. The molecule has 0 bridgehead atoms. The molecule has 34 heavy (non-hydrogen) atoms. The SMILES string of the molecule is CCCOc1ccc(NC(=O)c2ccc(NS(=O)(=O)c3ccc4c(c3)OCCO4)cc2)c(C)c1. The molecular formula is C25H26N2O6S. The highest BCUT2D eigenvalue weighted by Gasteiger charge is 2.20. The molecule has 0 aromatic heterocycles. The number of benzene rings is 3. The summed E-state index contributed by atoms with van der Waals surface area (Å²) in [7, 11) is -3.84. The van der Waals surface area contributed by atoms with E-state index in [1.807, 2.05) is 26.0 Å². The summed E-state index contributed by atoms with van der Waals surface area (Å²) in [4.78, 5) is 12.7. The molecular weight excluding hydrogens is 456 g/mol. The minimum Gasteiger partial charge on any atom is -0.494 e. The average Bonchev–Trinajstić information content (AvgIpc) is 2.84. The fraction of sp³-hybridized carbons (Fsp3) is 0.240. The summed E-state index contributed by atoms with van der Waals surface area (Å²) in [6.07, 6.45) is 0.917. The maximum atomic E-state index is 12.8. The van der Waals surface area contributed by atoms with Gasteiger partial charge in [0.2, 0.25) is 0 Å². The van der Waals surface area contributed by atoms with Crippen molar-refractivity contribution >= 4 is 27.3 Å².